The van der Waals surface area contributed by atoms with Gasteiger partial charge in [-0.3, -0.25) is 0 Å². The highest BCUT2D eigenvalue weighted by atomic mass is 16.3. The summed E-state index contributed by atoms with van der Waals surface area (Å²) in [4.78, 5) is 0. The van der Waals surface area contributed by atoms with Crippen molar-refractivity contribution < 1.29 is 10.2 Å². The molecule has 2 saturated carbocycles. The van der Waals surface area contributed by atoms with Crippen molar-refractivity contribution >= 4 is 0 Å². The first-order chi connectivity index (χ1) is 9.58. The molecule has 0 aliphatic heterocycles. The SMILES string of the molecule is C=CC1C(C2C[C@@H](C=C)[C@H](O)[C@H]2C=C)C[C@H](C=C)[C@H]1O. The molecule has 0 aromatic rings. The number of rotatable bonds is 5. The van der Waals surface area contributed by atoms with Crippen LogP contribution in [0.25, 0.3) is 0 Å². The first kappa shape index (κ1) is 15.3. The Kier molecular flexibility index (Phi) is 4.66. The van der Waals surface area contributed by atoms with E-state index < -0.39 is 12.2 Å². The van der Waals surface area contributed by atoms with Crippen LogP contribution in [0.4, 0.5) is 0 Å². The highest BCUT2D eigenvalue weighted by molar-refractivity contribution is 5.12. The smallest absolute Gasteiger partial charge is 0.0667 e. The van der Waals surface area contributed by atoms with E-state index in [0.717, 1.165) is 12.8 Å². The van der Waals surface area contributed by atoms with Crippen molar-refractivity contribution in [2.75, 3.05) is 0 Å². The molecular formula is C18H26O2. The molecule has 0 saturated heterocycles. The predicted octanol–water partition coefficient (Wildman–Crippen LogP) is 2.96. The van der Waals surface area contributed by atoms with Crippen LogP contribution >= 0.6 is 0 Å². The van der Waals surface area contributed by atoms with E-state index in [2.05, 4.69) is 26.3 Å². The van der Waals surface area contributed by atoms with Crippen LogP contribution in [-0.2, 0) is 0 Å². The molecule has 0 aromatic heterocycles. The molecule has 0 amide bonds. The lowest BCUT2D eigenvalue weighted by molar-refractivity contribution is 0.0918. The van der Waals surface area contributed by atoms with Gasteiger partial charge < -0.3 is 10.2 Å². The Morgan fingerprint density at radius 1 is 0.650 bits per heavy atom. The van der Waals surface area contributed by atoms with Gasteiger partial charge in [0.05, 0.1) is 12.2 Å². The lowest BCUT2D eigenvalue weighted by Gasteiger charge is -2.28. The summed E-state index contributed by atoms with van der Waals surface area (Å²) in [7, 11) is 0. The summed E-state index contributed by atoms with van der Waals surface area (Å²) < 4.78 is 0. The summed E-state index contributed by atoms with van der Waals surface area (Å²) in [6, 6.07) is 0. The van der Waals surface area contributed by atoms with Gasteiger partial charge in [-0.15, -0.1) is 26.3 Å². The lowest BCUT2D eigenvalue weighted by atomic mass is 9.77. The number of hydrogen-bond donors (Lipinski definition) is 2. The van der Waals surface area contributed by atoms with E-state index in [1.165, 1.54) is 0 Å². The van der Waals surface area contributed by atoms with Crippen LogP contribution in [0.2, 0.25) is 0 Å². The van der Waals surface area contributed by atoms with Gasteiger partial charge in [-0.05, 0) is 24.7 Å². The van der Waals surface area contributed by atoms with Crippen LogP contribution in [0.3, 0.4) is 0 Å². The molecule has 20 heavy (non-hydrogen) atoms. The third kappa shape index (κ3) is 2.32. The summed E-state index contributed by atoms with van der Waals surface area (Å²) in [6.07, 6.45) is 8.45. The van der Waals surface area contributed by atoms with Crippen molar-refractivity contribution in [1.29, 1.82) is 0 Å². The molecule has 2 fully saturated rings. The van der Waals surface area contributed by atoms with Crippen LogP contribution in [0.15, 0.2) is 50.6 Å². The zero-order valence-corrected chi connectivity index (χ0v) is 12.1. The van der Waals surface area contributed by atoms with Crippen LogP contribution in [0.5, 0.6) is 0 Å². The summed E-state index contributed by atoms with van der Waals surface area (Å²) in [6.45, 7) is 15.4. The van der Waals surface area contributed by atoms with Crippen molar-refractivity contribution in [2.45, 2.75) is 25.0 Å². The molecule has 3 unspecified atom stereocenters. The Balaban J connectivity index is 2.25. The molecule has 110 valence electrons. The van der Waals surface area contributed by atoms with Gasteiger partial charge in [-0.25, -0.2) is 0 Å². The Hall–Kier alpha value is -1.12. The van der Waals surface area contributed by atoms with E-state index in [4.69, 9.17) is 0 Å². The van der Waals surface area contributed by atoms with Crippen LogP contribution in [0.1, 0.15) is 12.8 Å². The first-order valence-corrected chi connectivity index (χ1v) is 7.45. The highest BCUT2D eigenvalue weighted by Gasteiger charge is 2.49. The van der Waals surface area contributed by atoms with E-state index in [9.17, 15) is 10.2 Å². The maximum atomic E-state index is 10.4. The van der Waals surface area contributed by atoms with Crippen molar-refractivity contribution in [3.8, 4) is 0 Å². The molecule has 0 spiro atoms. The topological polar surface area (TPSA) is 40.5 Å². The zero-order valence-electron chi connectivity index (χ0n) is 12.1. The minimum atomic E-state index is -0.402. The Morgan fingerprint density at radius 2 is 1.00 bits per heavy atom. The zero-order chi connectivity index (χ0) is 14.9. The maximum absolute atomic E-state index is 10.4. The molecular weight excluding hydrogens is 248 g/mol. The Bertz CT molecular complexity index is 362. The van der Waals surface area contributed by atoms with Crippen LogP contribution in [0, 0.1) is 35.5 Å². The molecule has 2 aliphatic carbocycles. The van der Waals surface area contributed by atoms with E-state index in [1.807, 2.05) is 24.3 Å². The molecule has 2 aliphatic rings. The monoisotopic (exact) mass is 274 g/mol. The summed E-state index contributed by atoms with van der Waals surface area (Å²) in [5.74, 6) is 1.03. The minimum absolute atomic E-state index is 0.0706. The largest absolute Gasteiger partial charge is 0.392 e. The molecule has 2 N–H and O–H groups in total. The van der Waals surface area contributed by atoms with Gasteiger partial charge in [0, 0.05) is 23.7 Å². The molecule has 0 radical (unpaired) electrons. The third-order valence-electron chi connectivity index (χ3n) is 5.44. The Morgan fingerprint density at radius 3 is 1.25 bits per heavy atom. The van der Waals surface area contributed by atoms with Gasteiger partial charge in [0.2, 0.25) is 0 Å². The second-order valence-corrected chi connectivity index (χ2v) is 6.21. The number of aliphatic hydroxyl groups is 2. The number of hydrogen-bond acceptors (Lipinski definition) is 2. The summed E-state index contributed by atoms with van der Waals surface area (Å²) in [5, 5.41) is 20.8. The van der Waals surface area contributed by atoms with E-state index in [-0.39, 0.29) is 23.7 Å². The van der Waals surface area contributed by atoms with E-state index >= 15 is 0 Å². The fourth-order valence-electron chi connectivity index (χ4n) is 4.32. The summed E-state index contributed by atoms with van der Waals surface area (Å²) >= 11 is 0. The second kappa shape index (κ2) is 6.11. The normalized spacial score (nSPS) is 47.9. The highest BCUT2D eigenvalue weighted by Crippen LogP contribution is 2.51. The van der Waals surface area contributed by atoms with Gasteiger partial charge in [0.25, 0.3) is 0 Å². The second-order valence-electron chi connectivity index (χ2n) is 6.21. The molecule has 0 aromatic carbocycles. The van der Waals surface area contributed by atoms with Crippen molar-refractivity contribution in [2.24, 2.45) is 35.5 Å². The predicted molar refractivity (Wildman–Crippen MR) is 83.0 cm³/mol. The molecule has 2 heteroatoms. The van der Waals surface area contributed by atoms with E-state index in [0.29, 0.717) is 11.8 Å². The quantitative estimate of drug-likeness (QED) is 0.757. The molecule has 2 nitrogen and oxygen atoms in total. The molecule has 0 bridgehead atoms. The van der Waals surface area contributed by atoms with Crippen molar-refractivity contribution in [3.63, 3.8) is 0 Å². The van der Waals surface area contributed by atoms with Gasteiger partial charge in [-0.2, -0.15) is 0 Å². The third-order valence-corrected chi connectivity index (χ3v) is 5.44. The van der Waals surface area contributed by atoms with E-state index in [1.54, 1.807) is 0 Å². The minimum Gasteiger partial charge on any atom is -0.392 e. The van der Waals surface area contributed by atoms with Gasteiger partial charge in [0.1, 0.15) is 0 Å². The first-order valence-electron chi connectivity index (χ1n) is 7.45. The fraction of sp³-hybridized carbons (Fsp3) is 0.556. The lowest BCUT2D eigenvalue weighted by Crippen LogP contribution is -2.28. The average molecular weight is 274 g/mol. The number of aliphatic hydroxyl groups excluding tert-OH is 2. The summed E-state index contributed by atoms with van der Waals surface area (Å²) in [5.41, 5.74) is 0. The maximum Gasteiger partial charge on any atom is 0.0667 e. The van der Waals surface area contributed by atoms with Crippen molar-refractivity contribution in [3.05, 3.63) is 50.6 Å². The standard InChI is InChI=1S/C18H26O2/c1-5-11-9-15(13(7-3)17(11)19)16-10-12(6-2)18(20)14(16)8-4/h5-8,11-20H,1-4,9-10H2/t11-,12+,13+,14?,15?,16?,17+,18-/m1/s1. The van der Waals surface area contributed by atoms with Gasteiger partial charge >= 0.3 is 0 Å². The fourth-order valence-corrected chi connectivity index (χ4v) is 4.32. The van der Waals surface area contributed by atoms with Crippen molar-refractivity contribution in [1.82, 2.24) is 0 Å². The molecule has 8 atom stereocenters. The molecule has 2 rings (SSSR count). The Labute approximate surface area is 122 Å². The average Bonchev–Trinajstić information content (AvgIpc) is 2.95. The van der Waals surface area contributed by atoms with Gasteiger partial charge in [-0.1, -0.05) is 24.3 Å². The van der Waals surface area contributed by atoms with Crippen LogP contribution in [-0.4, -0.2) is 22.4 Å². The van der Waals surface area contributed by atoms with Crippen LogP contribution < -0.4 is 0 Å². The molecule has 0 heterocycles. The van der Waals surface area contributed by atoms with Gasteiger partial charge in [0.15, 0.2) is 0 Å².